The Morgan fingerprint density at radius 1 is 0.895 bits per heavy atom. The molecule has 19 heavy (non-hydrogen) atoms. The van der Waals surface area contributed by atoms with Crippen LogP contribution < -0.4 is 5.73 Å². The maximum Gasteiger partial charge on any atom is 0.126 e. The lowest BCUT2D eigenvalue weighted by atomic mass is 9.92. The minimum absolute atomic E-state index is 0.231. The van der Waals surface area contributed by atoms with E-state index in [4.69, 9.17) is 5.73 Å². The topological polar surface area (TPSA) is 26.0 Å². The fraction of sp³-hybridized carbons (Fsp3) is 1.00. The fourth-order valence-electron chi connectivity index (χ4n) is 2.98. The Morgan fingerprint density at radius 2 is 1.37 bits per heavy atom. The molecule has 0 radical (unpaired) electrons. The van der Waals surface area contributed by atoms with Crippen molar-refractivity contribution in [1.29, 1.82) is 0 Å². The maximum atomic E-state index is 14.3. The summed E-state index contributed by atoms with van der Waals surface area (Å²) in [7, 11) is 0. The molecule has 1 rings (SSSR count). The van der Waals surface area contributed by atoms with Crippen LogP contribution in [0.3, 0.4) is 0 Å². The number of rotatable bonds is 13. The molecule has 1 saturated carbocycles. The molecule has 0 heterocycles. The van der Waals surface area contributed by atoms with Crippen molar-refractivity contribution in [2.45, 2.75) is 96.1 Å². The molecule has 0 saturated heterocycles. The minimum atomic E-state index is -1.03. The van der Waals surface area contributed by atoms with Gasteiger partial charge in [-0.15, -0.1) is 0 Å². The molecule has 0 aromatic heterocycles. The summed E-state index contributed by atoms with van der Waals surface area (Å²) in [5.41, 5.74) is 4.57. The molecule has 0 amide bonds. The second-order valence-electron chi connectivity index (χ2n) is 6.44. The summed E-state index contributed by atoms with van der Waals surface area (Å²) in [5, 5.41) is 0. The summed E-state index contributed by atoms with van der Waals surface area (Å²) in [6.07, 6.45) is 15.9. The third kappa shape index (κ3) is 7.29. The Morgan fingerprint density at radius 3 is 1.79 bits per heavy atom. The van der Waals surface area contributed by atoms with Crippen molar-refractivity contribution >= 4 is 0 Å². The van der Waals surface area contributed by atoms with E-state index < -0.39 is 5.67 Å². The predicted octanol–water partition coefficient (Wildman–Crippen LogP) is 5.37. The molecule has 0 aliphatic heterocycles. The molecule has 1 aliphatic carbocycles. The number of halogens is 1. The molecule has 1 atom stereocenters. The van der Waals surface area contributed by atoms with Crippen molar-refractivity contribution in [1.82, 2.24) is 0 Å². The highest BCUT2D eigenvalue weighted by atomic mass is 19.1. The average molecular weight is 271 g/mol. The number of hydrogen-bond donors (Lipinski definition) is 1. The van der Waals surface area contributed by atoms with Gasteiger partial charge < -0.3 is 5.73 Å². The van der Waals surface area contributed by atoms with Gasteiger partial charge in [-0.1, -0.05) is 71.1 Å². The zero-order valence-electron chi connectivity index (χ0n) is 12.9. The SMILES string of the molecule is CCCCCCCCCCCCC(F)(CN)C1CC1. The molecule has 0 aromatic rings. The van der Waals surface area contributed by atoms with Crippen LogP contribution in [-0.4, -0.2) is 12.2 Å². The minimum Gasteiger partial charge on any atom is -0.328 e. The summed E-state index contributed by atoms with van der Waals surface area (Å²) in [6.45, 7) is 2.49. The van der Waals surface area contributed by atoms with Gasteiger partial charge in [-0.3, -0.25) is 0 Å². The lowest BCUT2D eigenvalue weighted by Gasteiger charge is -2.23. The molecule has 114 valence electrons. The molecule has 2 N–H and O–H groups in total. The van der Waals surface area contributed by atoms with E-state index in [2.05, 4.69) is 6.92 Å². The van der Waals surface area contributed by atoms with Crippen LogP contribution in [-0.2, 0) is 0 Å². The Bertz CT molecular complexity index is 215. The van der Waals surface area contributed by atoms with Crippen LogP contribution in [0.25, 0.3) is 0 Å². The average Bonchev–Trinajstić information content (AvgIpc) is 3.25. The monoisotopic (exact) mass is 271 g/mol. The Kier molecular flexibility index (Phi) is 8.69. The van der Waals surface area contributed by atoms with Crippen molar-refractivity contribution in [3.8, 4) is 0 Å². The molecule has 0 spiro atoms. The lowest BCUT2D eigenvalue weighted by molar-refractivity contribution is 0.125. The van der Waals surface area contributed by atoms with Gasteiger partial charge in [0.2, 0.25) is 0 Å². The molecule has 1 aliphatic rings. The van der Waals surface area contributed by atoms with Crippen molar-refractivity contribution in [2.75, 3.05) is 6.54 Å². The van der Waals surface area contributed by atoms with E-state index in [1.165, 1.54) is 57.8 Å². The van der Waals surface area contributed by atoms with Gasteiger partial charge in [-0.25, -0.2) is 4.39 Å². The van der Waals surface area contributed by atoms with Gasteiger partial charge in [0.05, 0.1) is 0 Å². The van der Waals surface area contributed by atoms with E-state index in [1.54, 1.807) is 0 Å². The molecule has 2 heteroatoms. The zero-order chi connectivity index (χ0) is 14.0. The van der Waals surface area contributed by atoms with E-state index in [-0.39, 0.29) is 12.5 Å². The molecular formula is C17H34FN. The number of alkyl halides is 1. The first-order valence-corrected chi connectivity index (χ1v) is 8.62. The van der Waals surface area contributed by atoms with Crippen molar-refractivity contribution in [3.63, 3.8) is 0 Å². The van der Waals surface area contributed by atoms with E-state index in [1.807, 2.05) is 0 Å². The Labute approximate surface area is 119 Å². The van der Waals surface area contributed by atoms with Gasteiger partial charge in [0, 0.05) is 6.54 Å². The van der Waals surface area contributed by atoms with Crippen LogP contribution in [0.4, 0.5) is 4.39 Å². The lowest BCUT2D eigenvalue weighted by Crippen LogP contribution is -2.35. The quantitative estimate of drug-likeness (QED) is 0.447. The van der Waals surface area contributed by atoms with Crippen LogP contribution >= 0.6 is 0 Å². The van der Waals surface area contributed by atoms with Crippen molar-refractivity contribution in [3.05, 3.63) is 0 Å². The molecule has 0 bridgehead atoms. The van der Waals surface area contributed by atoms with Crippen molar-refractivity contribution in [2.24, 2.45) is 11.7 Å². The summed E-state index contributed by atoms with van der Waals surface area (Å²) < 4.78 is 14.3. The van der Waals surface area contributed by atoms with Crippen LogP contribution in [0.1, 0.15) is 90.4 Å². The van der Waals surface area contributed by atoms with Gasteiger partial charge in [-0.2, -0.15) is 0 Å². The highest BCUT2D eigenvalue weighted by Crippen LogP contribution is 2.44. The van der Waals surface area contributed by atoms with E-state index >= 15 is 0 Å². The van der Waals surface area contributed by atoms with Crippen LogP contribution in [0, 0.1) is 5.92 Å². The van der Waals surface area contributed by atoms with Crippen molar-refractivity contribution < 1.29 is 4.39 Å². The molecule has 1 fully saturated rings. The summed E-state index contributed by atoms with van der Waals surface area (Å²) >= 11 is 0. The number of hydrogen-bond acceptors (Lipinski definition) is 1. The van der Waals surface area contributed by atoms with Gasteiger partial charge in [0.15, 0.2) is 0 Å². The maximum absolute atomic E-state index is 14.3. The van der Waals surface area contributed by atoms with E-state index in [9.17, 15) is 4.39 Å². The standard InChI is InChI=1S/C17H34FN/c1-2-3-4-5-6-7-8-9-10-11-14-17(18,15-19)16-12-13-16/h16H,2-15,19H2,1H3. The first-order chi connectivity index (χ1) is 9.23. The smallest absolute Gasteiger partial charge is 0.126 e. The van der Waals surface area contributed by atoms with Crippen LogP contribution in [0.2, 0.25) is 0 Å². The summed E-state index contributed by atoms with van der Waals surface area (Å²) in [4.78, 5) is 0. The third-order valence-electron chi connectivity index (χ3n) is 4.59. The zero-order valence-corrected chi connectivity index (χ0v) is 12.9. The molecule has 1 nitrogen and oxygen atoms in total. The highest BCUT2D eigenvalue weighted by molar-refractivity contribution is 4.95. The van der Waals surface area contributed by atoms with E-state index in [0.717, 1.165) is 19.3 Å². The van der Waals surface area contributed by atoms with Gasteiger partial charge in [0.1, 0.15) is 5.67 Å². The summed E-state index contributed by atoms with van der Waals surface area (Å²) in [5.74, 6) is 0.288. The fourth-order valence-corrected chi connectivity index (χ4v) is 2.98. The van der Waals surface area contributed by atoms with Crippen LogP contribution in [0.5, 0.6) is 0 Å². The number of unbranched alkanes of at least 4 members (excludes halogenated alkanes) is 9. The first-order valence-electron chi connectivity index (χ1n) is 8.62. The first kappa shape index (κ1) is 16.9. The largest absolute Gasteiger partial charge is 0.328 e. The normalized spacial score (nSPS) is 18.5. The van der Waals surface area contributed by atoms with Gasteiger partial charge in [0.25, 0.3) is 0 Å². The predicted molar refractivity (Wildman–Crippen MR) is 82.1 cm³/mol. The molecule has 1 unspecified atom stereocenters. The molecular weight excluding hydrogens is 237 g/mol. The summed E-state index contributed by atoms with van der Waals surface area (Å²) in [6, 6.07) is 0. The second-order valence-corrected chi connectivity index (χ2v) is 6.44. The Balaban J connectivity index is 1.85. The van der Waals surface area contributed by atoms with Gasteiger partial charge >= 0.3 is 0 Å². The number of nitrogens with two attached hydrogens (primary N) is 1. The van der Waals surface area contributed by atoms with Gasteiger partial charge in [-0.05, 0) is 25.2 Å². The Hall–Kier alpha value is -0.110. The second kappa shape index (κ2) is 9.74. The highest BCUT2D eigenvalue weighted by Gasteiger charge is 2.43. The third-order valence-corrected chi connectivity index (χ3v) is 4.59. The van der Waals surface area contributed by atoms with E-state index in [0.29, 0.717) is 6.42 Å². The molecule has 0 aromatic carbocycles. The van der Waals surface area contributed by atoms with Crippen LogP contribution in [0.15, 0.2) is 0 Å².